The molecule has 33 heavy (non-hydrogen) atoms. The number of unbranched alkanes of at least 4 members (excludes halogenated alkanes) is 1. The summed E-state index contributed by atoms with van der Waals surface area (Å²) in [6.07, 6.45) is 19.1. The van der Waals surface area contributed by atoms with Crippen LogP contribution in [0.15, 0.2) is 85.5 Å². The van der Waals surface area contributed by atoms with Gasteiger partial charge in [0.25, 0.3) is 0 Å². The molecule has 4 rings (SSSR count). The zero-order valence-corrected chi connectivity index (χ0v) is 20.4. The van der Waals surface area contributed by atoms with Crippen LogP contribution in [-0.2, 0) is 19.3 Å². The summed E-state index contributed by atoms with van der Waals surface area (Å²) in [6, 6.07) is 23.4. The highest BCUT2D eigenvalue weighted by Gasteiger charge is 2.20. The molecule has 0 unspecified atom stereocenters. The fourth-order valence-electron chi connectivity index (χ4n) is 5.27. The Hall–Kier alpha value is -2.60. The lowest BCUT2D eigenvalue weighted by molar-refractivity contribution is 0.375. The van der Waals surface area contributed by atoms with Gasteiger partial charge in [0.2, 0.25) is 0 Å². The lowest BCUT2D eigenvalue weighted by Crippen LogP contribution is -2.11. The van der Waals surface area contributed by atoms with Gasteiger partial charge >= 0.3 is 0 Å². The Bertz CT molecular complexity index is 1050. The summed E-state index contributed by atoms with van der Waals surface area (Å²) in [5.74, 6) is 1.57. The molecule has 1 saturated carbocycles. The van der Waals surface area contributed by atoms with Gasteiger partial charge in [-0.1, -0.05) is 92.2 Å². The molecule has 1 aliphatic carbocycles. The molecule has 0 N–H and O–H groups in total. The molecule has 1 fully saturated rings. The van der Waals surface area contributed by atoms with Crippen LogP contribution < -0.4 is 0 Å². The number of hydrogen-bond acceptors (Lipinski definition) is 0. The van der Waals surface area contributed by atoms with E-state index < -0.39 is 0 Å². The average molecular weight is 437 g/mol. The largest absolute Gasteiger partial charge is 0.103 e. The topological polar surface area (TPSA) is 0 Å². The van der Waals surface area contributed by atoms with E-state index in [9.17, 15) is 0 Å². The Balaban J connectivity index is 1.29. The highest BCUT2D eigenvalue weighted by molar-refractivity contribution is 5.83. The Kier molecular flexibility index (Phi) is 8.59. The average Bonchev–Trinajstić information content (AvgIpc) is 2.87. The summed E-state index contributed by atoms with van der Waals surface area (Å²) in [7, 11) is 0. The Morgan fingerprint density at radius 3 is 1.97 bits per heavy atom. The molecule has 0 aliphatic heterocycles. The molecule has 0 heteroatoms. The van der Waals surface area contributed by atoms with E-state index in [1.807, 2.05) is 6.08 Å². The summed E-state index contributed by atoms with van der Waals surface area (Å²) < 4.78 is 0. The first-order valence-corrected chi connectivity index (χ1v) is 13.1. The van der Waals surface area contributed by atoms with E-state index in [4.69, 9.17) is 0 Å². The molecule has 3 aromatic rings. The predicted octanol–water partition coefficient (Wildman–Crippen LogP) is 9.37. The zero-order valence-electron chi connectivity index (χ0n) is 20.4. The predicted molar refractivity (Wildman–Crippen MR) is 145 cm³/mol. The van der Waals surface area contributed by atoms with Crippen molar-refractivity contribution in [2.75, 3.05) is 0 Å². The molecular weight excluding hydrogens is 396 g/mol. The maximum atomic E-state index is 3.84. The van der Waals surface area contributed by atoms with Crippen LogP contribution in [0.25, 0.3) is 10.8 Å². The molecule has 0 saturated heterocycles. The first kappa shape index (κ1) is 23.6. The van der Waals surface area contributed by atoms with Crippen LogP contribution in [-0.4, -0.2) is 0 Å². The van der Waals surface area contributed by atoms with Crippen molar-refractivity contribution < 1.29 is 0 Å². The molecule has 0 spiro atoms. The lowest BCUT2D eigenvalue weighted by atomic mass is 9.78. The smallest absolute Gasteiger partial charge is 0.0162 e. The Labute approximate surface area is 201 Å². The molecule has 0 atom stereocenters. The summed E-state index contributed by atoms with van der Waals surface area (Å²) in [6.45, 7) is 6.09. The number of rotatable bonds is 10. The molecule has 0 aromatic heterocycles. The molecule has 0 bridgehead atoms. The van der Waals surface area contributed by atoms with Gasteiger partial charge in [0.05, 0.1) is 0 Å². The summed E-state index contributed by atoms with van der Waals surface area (Å²) in [5.41, 5.74) is 5.83. The maximum absolute atomic E-state index is 3.84. The van der Waals surface area contributed by atoms with Gasteiger partial charge in [-0.25, -0.2) is 0 Å². The molecule has 3 aromatic carbocycles. The highest BCUT2D eigenvalue weighted by atomic mass is 14.3. The third-order valence-corrected chi connectivity index (χ3v) is 7.40. The standard InChI is InChI=1S/C33H40/c1-3-5-7-9-26-12-18-30(19-13-26)31-20-14-27(15-21-31)10-11-29-17-23-32-24-28(8-6-4-2)16-22-33(32)25-29/h4,7,9,14-17,20-26,30H,2-3,5-6,8,10-13,18-19H2,1H3/b9-7+. The first-order valence-electron chi connectivity index (χ1n) is 13.1. The molecule has 1 aliphatic rings. The number of allylic oxidation sites excluding steroid dienone is 3. The van der Waals surface area contributed by atoms with Crippen LogP contribution in [0.2, 0.25) is 0 Å². The lowest BCUT2D eigenvalue weighted by Gasteiger charge is -2.27. The number of benzene rings is 3. The van der Waals surface area contributed by atoms with Crippen molar-refractivity contribution in [3.05, 3.63) is 108 Å². The van der Waals surface area contributed by atoms with Crippen molar-refractivity contribution in [1.82, 2.24) is 0 Å². The van der Waals surface area contributed by atoms with Crippen molar-refractivity contribution in [2.45, 2.75) is 77.0 Å². The molecule has 0 radical (unpaired) electrons. The molecule has 0 heterocycles. The van der Waals surface area contributed by atoms with E-state index in [0.717, 1.165) is 37.5 Å². The molecular formula is C33H40. The van der Waals surface area contributed by atoms with Crippen LogP contribution >= 0.6 is 0 Å². The highest BCUT2D eigenvalue weighted by Crippen LogP contribution is 2.36. The second-order valence-corrected chi connectivity index (χ2v) is 9.91. The summed E-state index contributed by atoms with van der Waals surface area (Å²) >= 11 is 0. The summed E-state index contributed by atoms with van der Waals surface area (Å²) in [4.78, 5) is 0. The van der Waals surface area contributed by atoms with Gasteiger partial charge in [-0.3, -0.25) is 0 Å². The van der Waals surface area contributed by atoms with Gasteiger partial charge in [0.15, 0.2) is 0 Å². The van der Waals surface area contributed by atoms with Gasteiger partial charge in [0.1, 0.15) is 0 Å². The number of aryl methyl sites for hydroxylation is 3. The zero-order chi connectivity index (χ0) is 22.9. The quantitative estimate of drug-likeness (QED) is 0.278. The van der Waals surface area contributed by atoms with Gasteiger partial charge in [-0.2, -0.15) is 0 Å². The van der Waals surface area contributed by atoms with Crippen LogP contribution in [0.1, 0.15) is 80.0 Å². The second kappa shape index (κ2) is 12.0. The minimum atomic E-state index is 0.756. The number of hydrogen-bond donors (Lipinski definition) is 0. The van der Waals surface area contributed by atoms with E-state index in [-0.39, 0.29) is 0 Å². The minimum Gasteiger partial charge on any atom is -0.103 e. The summed E-state index contributed by atoms with van der Waals surface area (Å²) in [5, 5.41) is 2.70. The van der Waals surface area contributed by atoms with Gasteiger partial charge < -0.3 is 0 Å². The van der Waals surface area contributed by atoms with Gasteiger partial charge in [0, 0.05) is 0 Å². The van der Waals surface area contributed by atoms with Crippen molar-refractivity contribution >= 4 is 10.8 Å². The SMILES string of the molecule is C=CCCc1ccc2cc(CCc3ccc(C4CCC(/C=C/CCC)CC4)cc3)ccc2c1. The number of fused-ring (bicyclic) bond motifs is 1. The Morgan fingerprint density at radius 1 is 0.727 bits per heavy atom. The normalized spacial score (nSPS) is 18.7. The first-order chi connectivity index (χ1) is 16.2. The molecule has 172 valence electrons. The van der Waals surface area contributed by atoms with E-state index in [1.54, 1.807) is 5.56 Å². The fourth-order valence-corrected chi connectivity index (χ4v) is 5.27. The third kappa shape index (κ3) is 6.70. The second-order valence-electron chi connectivity index (χ2n) is 9.91. The van der Waals surface area contributed by atoms with Crippen LogP contribution in [0.4, 0.5) is 0 Å². The van der Waals surface area contributed by atoms with E-state index >= 15 is 0 Å². The van der Waals surface area contributed by atoms with E-state index in [2.05, 4.69) is 86.3 Å². The van der Waals surface area contributed by atoms with Crippen LogP contribution in [0.5, 0.6) is 0 Å². The van der Waals surface area contributed by atoms with E-state index in [0.29, 0.717) is 0 Å². The minimum absolute atomic E-state index is 0.756. The molecule has 0 nitrogen and oxygen atoms in total. The van der Waals surface area contributed by atoms with Crippen molar-refractivity contribution in [2.24, 2.45) is 5.92 Å². The molecule has 0 amide bonds. The van der Waals surface area contributed by atoms with Gasteiger partial charge in [-0.05, 0) is 103 Å². The Morgan fingerprint density at radius 2 is 1.33 bits per heavy atom. The maximum Gasteiger partial charge on any atom is -0.0162 e. The fraction of sp³-hybridized carbons (Fsp3) is 0.394. The van der Waals surface area contributed by atoms with Crippen LogP contribution in [0, 0.1) is 5.92 Å². The van der Waals surface area contributed by atoms with Crippen molar-refractivity contribution in [3.8, 4) is 0 Å². The van der Waals surface area contributed by atoms with Crippen molar-refractivity contribution in [1.29, 1.82) is 0 Å². The van der Waals surface area contributed by atoms with E-state index in [1.165, 1.54) is 66.0 Å². The van der Waals surface area contributed by atoms with Crippen molar-refractivity contribution in [3.63, 3.8) is 0 Å². The van der Waals surface area contributed by atoms with Gasteiger partial charge in [-0.15, -0.1) is 6.58 Å². The third-order valence-electron chi connectivity index (χ3n) is 7.40. The monoisotopic (exact) mass is 436 g/mol. The van der Waals surface area contributed by atoms with Crippen LogP contribution in [0.3, 0.4) is 0 Å².